The molecule has 0 N–H and O–H groups in total. The van der Waals surface area contributed by atoms with Crippen LogP contribution in [0.25, 0.3) is 0 Å². The van der Waals surface area contributed by atoms with E-state index in [0.29, 0.717) is 44.1 Å². The number of hydrogen-bond donors (Lipinski definition) is 0. The number of benzene rings is 3. The number of hydrogen-bond acceptors (Lipinski definition) is 9. The molecule has 0 fully saturated rings. The highest BCUT2D eigenvalue weighted by molar-refractivity contribution is 9.15. The van der Waals surface area contributed by atoms with Crippen LogP contribution < -0.4 is 29.3 Å². The van der Waals surface area contributed by atoms with Crippen molar-refractivity contribution in [2.24, 2.45) is 0 Å². The van der Waals surface area contributed by atoms with Crippen molar-refractivity contribution in [3.63, 3.8) is 0 Å². The Labute approximate surface area is 296 Å². The Bertz CT molecular complexity index is 1350. The molecule has 4 rings (SSSR count). The quantitative estimate of drug-likeness (QED) is 0.0923. The van der Waals surface area contributed by atoms with Crippen molar-refractivity contribution in [3.05, 3.63) is 76.7 Å². The second kappa shape index (κ2) is 14.3. The zero-order chi connectivity index (χ0) is 28.3. The Hall–Kier alpha value is -0.210. The first-order chi connectivity index (χ1) is 18.5. The highest BCUT2D eigenvalue weighted by Gasteiger charge is 2.19. The first kappa shape index (κ1) is 31.7. The SMILES string of the molecule is Brc1ccc(OOc2nc(OOc3ccc(Br)c(Br)c3Br)nc(OOc3ccc(Br)c(Br)c3Br)n2)c(Br)c1Br. The van der Waals surface area contributed by atoms with E-state index >= 15 is 0 Å². The molecule has 0 aliphatic heterocycles. The molecule has 0 saturated carbocycles. The molecule has 3 aromatic carbocycles. The minimum atomic E-state index is -0.319. The summed E-state index contributed by atoms with van der Waals surface area (Å²) in [5.74, 6) is 0.987. The Morgan fingerprint density at radius 2 is 0.590 bits per heavy atom. The molecule has 39 heavy (non-hydrogen) atoms. The Kier molecular flexibility index (Phi) is 11.6. The van der Waals surface area contributed by atoms with E-state index in [-0.39, 0.29) is 18.0 Å². The van der Waals surface area contributed by atoms with Crippen molar-refractivity contribution in [1.82, 2.24) is 15.0 Å². The maximum atomic E-state index is 5.41. The summed E-state index contributed by atoms with van der Waals surface area (Å²) in [6.45, 7) is 0. The average molecular weight is 1120 g/mol. The van der Waals surface area contributed by atoms with E-state index in [1.807, 2.05) is 0 Å². The van der Waals surface area contributed by atoms with E-state index in [2.05, 4.69) is 158 Å². The predicted molar refractivity (Wildman–Crippen MR) is 172 cm³/mol. The van der Waals surface area contributed by atoms with Crippen LogP contribution in [0.1, 0.15) is 0 Å². The summed E-state index contributed by atoms with van der Waals surface area (Å²) in [5.41, 5.74) is 0. The maximum Gasteiger partial charge on any atom is 0.376 e. The van der Waals surface area contributed by atoms with Crippen LogP contribution in [0.4, 0.5) is 0 Å². The van der Waals surface area contributed by atoms with Crippen LogP contribution in [-0.2, 0) is 0 Å². The van der Waals surface area contributed by atoms with Crippen LogP contribution in [0.2, 0.25) is 0 Å². The normalized spacial score (nSPS) is 10.7. The van der Waals surface area contributed by atoms with Gasteiger partial charge in [0.2, 0.25) is 0 Å². The molecule has 0 atom stereocenters. The highest BCUT2D eigenvalue weighted by atomic mass is 79.9. The van der Waals surface area contributed by atoms with Crippen molar-refractivity contribution >= 4 is 143 Å². The average Bonchev–Trinajstić information content (AvgIpc) is 2.92. The smallest absolute Gasteiger partial charge is 0.285 e. The van der Waals surface area contributed by atoms with Crippen LogP contribution in [0.15, 0.2) is 76.7 Å². The summed E-state index contributed by atoms with van der Waals surface area (Å²) in [5, 5.41) is 0. The molecule has 0 amide bonds. The second-order valence-electron chi connectivity index (χ2n) is 6.70. The van der Waals surface area contributed by atoms with Crippen molar-refractivity contribution in [2.75, 3.05) is 0 Å². The van der Waals surface area contributed by atoms with Crippen LogP contribution in [-0.4, -0.2) is 15.0 Å². The zero-order valence-corrected chi connectivity index (χ0v) is 32.4. The van der Waals surface area contributed by atoms with Gasteiger partial charge in [0.05, 0.1) is 13.4 Å². The Morgan fingerprint density at radius 3 is 0.846 bits per heavy atom. The fourth-order valence-corrected chi connectivity index (χ4v) is 6.40. The molecule has 0 unspecified atom stereocenters. The van der Waals surface area contributed by atoms with E-state index in [9.17, 15) is 0 Å². The molecule has 9 nitrogen and oxygen atoms in total. The van der Waals surface area contributed by atoms with E-state index in [4.69, 9.17) is 29.3 Å². The molecular weight excluding hydrogens is 1110 g/mol. The number of nitrogens with zero attached hydrogens (tertiary/aromatic N) is 3. The lowest BCUT2D eigenvalue weighted by Crippen LogP contribution is -2.12. The van der Waals surface area contributed by atoms with Gasteiger partial charge in [0.1, 0.15) is 0 Å². The third-order valence-electron chi connectivity index (χ3n) is 4.19. The Balaban J connectivity index is 1.58. The zero-order valence-electron chi connectivity index (χ0n) is 18.2. The highest BCUT2D eigenvalue weighted by Crippen LogP contribution is 2.40. The first-order valence-corrected chi connectivity index (χ1v) is 16.9. The summed E-state index contributed by atoms with van der Waals surface area (Å²) in [7, 11) is 0. The van der Waals surface area contributed by atoms with Crippen molar-refractivity contribution in [2.45, 2.75) is 0 Å². The largest absolute Gasteiger partial charge is 0.376 e. The third kappa shape index (κ3) is 8.00. The van der Waals surface area contributed by atoms with Crippen molar-refractivity contribution in [1.29, 1.82) is 0 Å². The van der Waals surface area contributed by atoms with Gasteiger partial charge in [-0.25, -0.2) is 14.7 Å². The minimum Gasteiger partial charge on any atom is -0.285 e. The molecule has 0 spiro atoms. The molecular formula is C21H6Br9N3O6. The van der Waals surface area contributed by atoms with Gasteiger partial charge in [-0.3, -0.25) is 14.7 Å². The number of halogens is 9. The van der Waals surface area contributed by atoms with E-state index in [1.165, 1.54) is 0 Å². The van der Waals surface area contributed by atoms with Gasteiger partial charge in [-0.15, -0.1) is 15.0 Å². The van der Waals surface area contributed by atoms with Crippen molar-refractivity contribution in [3.8, 4) is 35.3 Å². The van der Waals surface area contributed by atoms with Crippen LogP contribution in [0, 0.1) is 0 Å². The standard InChI is InChI=1S/C21H6Br9N3O6/c22-7-1-4-10(16(28)13(7)25)34-37-19-31-20(38-35-11-5-2-8(23)14(26)17(11)29)33-21(32-19)39-36-12-6-3-9(24)15(27)18(12)30/h1-6H. The van der Waals surface area contributed by atoms with Crippen LogP contribution in [0.5, 0.6) is 35.3 Å². The van der Waals surface area contributed by atoms with Gasteiger partial charge in [-0.2, -0.15) is 0 Å². The first-order valence-electron chi connectivity index (χ1n) is 9.75. The summed E-state index contributed by atoms with van der Waals surface area (Å²) < 4.78 is 6.31. The number of rotatable bonds is 9. The predicted octanol–water partition coefficient (Wildman–Crippen LogP) is 10.9. The molecule has 0 aliphatic carbocycles. The molecule has 0 radical (unpaired) electrons. The van der Waals surface area contributed by atoms with Crippen molar-refractivity contribution < 1.29 is 29.3 Å². The van der Waals surface area contributed by atoms with Crippen LogP contribution >= 0.6 is 143 Å². The Morgan fingerprint density at radius 1 is 0.333 bits per heavy atom. The lowest BCUT2D eigenvalue weighted by Gasteiger charge is -2.11. The lowest BCUT2D eigenvalue weighted by atomic mass is 10.3. The minimum absolute atomic E-state index is 0.319. The fourth-order valence-electron chi connectivity index (χ4n) is 2.40. The molecule has 0 aliphatic rings. The van der Waals surface area contributed by atoms with Crippen LogP contribution in [0.3, 0.4) is 0 Å². The third-order valence-corrected chi connectivity index (χ3v) is 14.2. The molecule has 204 valence electrons. The van der Waals surface area contributed by atoms with E-state index < -0.39 is 0 Å². The monoisotopic (exact) mass is 1110 g/mol. The molecule has 18 heteroatoms. The van der Waals surface area contributed by atoms with Gasteiger partial charge in [0.15, 0.2) is 17.2 Å². The summed E-state index contributed by atoms with van der Waals surface area (Å²) >= 11 is 30.8. The molecule has 0 bridgehead atoms. The molecule has 0 saturated heterocycles. The van der Waals surface area contributed by atoms with Gasteiger partial charge in [0.25, 0.3) is 0 Å². The topological polar surface area (TPSA) is 94.1 Å². The lowest BCUT2D eigenvalue weighted by molar-refractivity contribution is -0.134. The summed E-state index contributed by atoms with van der Waals surface area (Å²) in [6.07, 6.45) is 0. The van der Waals surface area contributed by atoms with Gasteiger partial charge in [-0.1, -0.05) is 0 Å². The second-order valence-corrected chi connectivity index (χ2v) is 14.0. The van der Waals surface area contributed by atoms with Gasteiger partial charge >= 0.3 is 18.0 Å². The molecule has 1 aromatic heterocycles. The maximum absolute atomic E-state index is 5.41. The fraction of sp³-hybridized carbons (Fsp3) is 0. The number of aromatic nitrogens is 3. The van der Waals surface area contributed by atoms with Gasteiger partial charge in [-0.05, 0) is 180 Å². The summed E-state index contributed by atoms with van der Waals surface area (Å²) in [6, 6.07) is 9.30. The van der Waals surface area contributed by atoms with E-state index in [0.717, 1.165) is 13.4 Å². The summed E-state index contributed by atoms with van der Waals surface area (Å²) in [4.78, 5) is 44.4. The van der Waals surface area contributed by atoms with Gasteiger partial charge in [0, 0.05) is 26.8 Å². The molecule has 1 heterocycles. The molecule has 4 aromatic rings. The van der Waals surface area contributed by atoms with Gasteiger partial charge < -0.3 is 0 Å². The van der Waals surface area contributed by atoms with E-state index in [1.54, 1.807) is 36.4 Å².